The normalized spacial score (nSPS) is 14.7. The number of ether oxygens (including phenoxy) is 1. The number of methoxy groups -OCH3 is 1. The van der Waals surface area contributed by atoms with E-state index in [1.165, 1.54) is 7.11 Å². The fourth-order valence-corrected chi connectivity index (χ4v) is 2.09. The van der Waals surface area contributed by atoms with Crippen molar-refractivity contribution in [3.05, 3.63) is 29.3 Å². The molecule has 0 aliphatic carbocycles. The highest BCUT2D eigenvalue weighted by Gasteiger charge is 2.22. The van der Waals surface area contributed by atoms with Gasteiger partial charge >= 0.3 is 5.97 Å². The summed E-state index contributed by atoms with van der Waals surface area (Å²) >= 11 is 0. The molecule has 0 aromatic heterocycles. The highest BCUT2D eigenvalue weighted by molar-refractivity contribution is 5.99. The first-order valence-electron chi connectivity index (χ1n) is 6.47. The van der Waals surface area contributed by atoms with Crippen molar-refractivity contribution in [1.29, 1.82) is 0 Å². The number of hydrogen-bond acceptors (Lipinski definition) is 5. The van der Waals surface area contributed by atoms with Gasteiger partial charge in [0, 0.05) is 17.7 Å². The Morgan fingerprint density at radius 1 is 1.43 bits per heavy atom. The van der Waals surface area contributed by atoms with Crippen LogP contribution in [0.25, 0.3) is 0 Å². The second-order valence-electron chi connectivity index (χ2n) is 4.65. The van der Waals surface area contributed by atoms with Gasteiger partial charge in [-0.15, -0.1) is 0 Å². The van der Waals surface area contributed by atoms with E-state index in [-0.39, 0.29) is 5.91 Å². The summed E-state index contributed by atoms with van der Waals surface area (Å²) in [4.78, 5) is 34.7. The SMILES string of the molecule is COC(=O)C(CO)NC(=O)c1ccc2c(c1)CCC(=O)N2. The van der Waals surface area contributed by atoms with Crippen molar-refractivity contribution >= 4 is 23.5 Å². The van der Waals surface area contributed by atoms with Gasteiger partial charge in [0.15, 0.2) is 6.04 Å². The van der Waals surface area contributed by atoms with Crippen LogP contribution in [0.2, 0.25) is 0 Å². The predicted molar refractivity (Wildman–Crippen MR) is 73.7 cm³/mol. The van der Waals surface area contributed by atoms with Gasteiger partial charge in [-0.25, -0.2) is 4.79 Å². The quantitative estimate of drug-likeness (QED) is 0.669. The van der Waals surface area contributed by atoms with E-state index in [1.54, 1.807) is 18.2 Å². The topological polar surface area (TPSA) is 105 Å². The first kappa shape index (κ1) is 15.0. The smallest absolute Gasteiger partial charge is 0.330 e. The number of amides is 2. The fourth-order valence-electron chi connectivity index (χ4n) is 2.09. The van der Waals surface area contributed by atoms with Crippen LogP contribution in [-0.2, 0) is 20.7 Å². The van der Waals surface area contributed by atoms with Crippen molar-refractivity contribution in [3.63, 3.8) is 0 Å². The summed E-state index contributed by atoms with van der Waals surface area (Å²) in [6.07, 6.45) is 0.933. The van der Waals surface area contributed by atoms with E-state index in [1.807, 2.05) is 0 Å². The van der Waals surface area contributed by atoms with Crippen molar-refractivity contribution in [2.45, 2.75) is 18.9 Å². The van der Waals surface area contributed by atoms with Crippen molar-refractivity contribution < 1.29 is 24.2 Å². The molecule has 0 saturated heterocycles. The van der Waals surface area contributed by atoms with E-state index < -0.39 is 24.5 Å². The van der Waals surface area contributed by atoms with Gasteiger partial charge in [-0.3, -0.25) is 9.59 Å². The summed E-state index contributed by atoms with van der Waals surface area (Å²) in [5, 5.41) is 14.2. The Morgan fingerprint density at radius 2 is 2.19 bits per heavy atom. The maximum Gasteiger partial charge on any atom is 0.330 e. The Morgan fingerprint density at radius 3 is 2.86 bits per heavy atom. The molecule has 7 heteroatoms. The third-order valence-corrected chi connectivity index (χ3v) is 3.24. The molecule has 3 N–H and O–H groups in total. The molecule has 112 valence electrons. The van der Waals surface area contributed by atoms with Gasteiger partial charge in [0.25, 0.3) is 5.91 Å². The van der Waals surface area contributed by atoms with Gasteiger partial charge in [0.1, 0.15) is 0 Å². The van der Waals surface area contributed by atoms with Crippen LogP contribution < -0.4 is 10.6 Å². The fraction of sp³-hybridized carbons (Fsp3) is 0.357. The Kier molecular flexibility index (Phi) is 4.54. The monoisotopic (exact) mass is 292 g/mol. The molecule has 1 atom stereocenters. The molecule has 0 spiro atoms. The van der Waals surface area contributed by atoms with Crippen LogP contribution in [0.5, 0.6) is 0 Å². The highest BCUT2D eigenvalue weighted by atomic mass is 16.5. The van der Waals surface area contributed by atoms with Crippen LogP contribution >= 0.6 is 0 Å². The zero-order valence-electron chi connectivity index (χ0n) is 11.5. The average Bonchev–Trinajstić information content (AvgIpc) is 2.50. The Labute approximate surface area is 121 Å². The van der Waals surface area contributed by atoms with Gasteiger partial charge in [-0.2, -0.15) is 0 Å². The summed E-state index contributed by atoms with van der Waals surface area (Å²) in [6.45, 7) is -0.542. The predicted octanol–water partition coefficient (Wildman–Crippen LogP) is -0.165. The molecule has 2 amide bonds. The Bertz CT molecular complexity index is 585. The van der Waals surface area contributed by atoms with Crippen LogP contribution in [-0.4, -0.2) is 42.6 Å². The lowest BCUT2D eigenvalue weighted by Crippen LogP contribution is -2.44. The number of benzene rings is 1. The largest absolute Gasteiger partial charge is 0.467 e. The summed E-state index contributed by atoms with van der Waals surface area (Å²) in [6, 6.07) is 3.76. The van der Waals surface area contributed by atoms with Gasteiger partial charge in [-0.05, 0) is 30.2 Å². The Balaban J connectivity index is 2.13. The highest BCUT2D eigenvalue weighted by Crippen LogP contribution is 2.23. The zero-order valence-corrected chi connectivity index (χ0v) is 11.5. The first-order valence-corrected chi connectivity index (χ1v) is 6.47. The molecule has 1 aromatic rings. The average molecular weight is 292 g/mol. The minimum absolute atomic E-state index is 0.0502. The Hall–Kier alpha value is -2.41. The van der Waals surface area contributed by atoms with Crippen LogP contribution in [0.15, 0.2) is 18.2 Å². The number of anilines is 1. The molecule has 1 aliphatic rings. The zero-order chi connectivity index (χ0) is 15.4. The molecule has 0 bridgehead atoms. The van der Waals surface area contributed by atoms with Gasteiger partial charge in [0.05, 0.1) is 13.7 Å². The molecular weight excluding hydrogens is 276 g/mol. The van der Waals surface area contributed by atoms with E-state index in [9.17, 15) is 14.4 Å². The molecule has 7 nitrogen and oxygen atoms in total. The van der Waals surface area contributed by atoms with Crippen molar-refractivity contribution in [3.8, 4) is 0 Å². The number of aliphatic hydroxyl groups is 1. The van der Waals surface area contributed by atoms with E-state index in [2.05, 4.69) is 15.4 Å². The van der Waals surface area contributed by atoms with E-state index in [4.69, 9.17) is 5.11 Å². The van der Waals surface area contributed by atoms with Gasteiger partial charge in [0.2, 0.25) is 5.91 Å². The minimum atomic E-state index is -1.10. The number of rotatable bonds is 4. The van der Waals surface area contributed by atoms with Crippen LogP contribution in [0.4, 0.5) is 5.69 Å². The minimum Gasteiger partial charge on any atom is -0.467 e. The number of fused-ring (bicyclic) bond motifs is 1. The standard InChI is InChI=1S/C14H16N2O5/c1-21-14(20)11(7-17)16-13(19)9-2-4-10-8(6-9)3-5-12(18)15-10/h2,4,6,11,17H,3,5,7H2,1H3,(H,15,18)(H,16,19). The molecule has 0 fully saturated rings. The molecular formula is C14H16N2O5. The lowest BCUT2D eigenvalue weighted by Gasteiger charge is -2.18. The maximum atomic E-state index is 12.1. The second-order valence-corrected chi connectivity index (χ2v) is 4.65. The number of nitrogens with one attached hydrogen (secondary N) is 2. The summed E-state index contributed by atoms with van der Waals surface area (Å²) in [5.41, 5.74) is 1.91. The van der Waals surface area contributed by atoms with E-state index in [0.29, 0.717) is 24.1 Å². The van der Waals surface area contributed by atoms with E-state index in [0.717, 1.165) is 5.56 Å². The third-order valence-electron chi connectivity index (χ3n) is 3.24. The van der Waals surface area contributed by atoms with Crippen LogP contribution in [0.3, 0.4) is 0 Å². The van der Waals surface area contributed by atoms with Crippen molar-refractivity contribution in [2.24, 2.45) is 0 Å². The molecule has 1 aliphatic heterocycles. The van der Waals surface area contributed by atoms with Gasteiger partial charge in [-0.1, -0.05) is 0 Å². The van der Waals surface area contributed by atoms with Gasteiger partial charge < -0.3 is 20.5 Å². The number of carbonyl (C=O) groups excluding carboxylic acids is 3. The van der Waals surface area contributed by atoms with Crippen LogP contribution in [0.1, 0.15) is 22.3 Å². The molecule has 1 heterocycles. The summed E-state index contributed by atoms with van der Waals surface area (Å²) in [7, 11) is 1.18. The molecule has 2 rings (SSSR count). The third kappa shape index (κ3) is 3.38. The number of aryl methyl sites for hydroxylation is 1. The second kappa shape index (κ2) is 6.36. The number of hydrogen-bond donors (Lipinski definition) is 3. The molecule has 1 unspecified atom stereocenters. The summed E-state index contributed by atoms with van der Waals surface area (Å²) < 4.78 is 4.48. The number of esters is 1. The lowest BCUT2D eigenvalue weighted by molar-refractivity contribution is -0.143. The van der Waals surface area contributed by atoms with Crippen molar-refractivity contribution in [2.75, 3.05) is 19.0 Å². The first-order chi connectivity index (χ1) is 10.0. The maximum absolute atomic E-state index is 12.1. The number of aliphatic hydroxyl groups excluding tert-OH is 1. The van der Waals surface area contributed by atoms with E-state index >= 15 is 0 Å². The van der Waals surface area contributed by atoms with Crippen LogP contribution in [0, 0.1) is 0 Å². The molecule has 0 radical (unpaired) electrons. The summed E-state index contributed by atoms with van der Waals surface area (Å²) in [5.74, 6) is -1.25. The lowest BCUT2D eigenvalue weighted by atomic mass is 10.00. The molecule has 1 aromatic carbocycles. The molecule has 21 heavy (non-hydrogen) atoms. The van der Waals surface area contributed by atoms with Crippen molar-refractivity contribution in [1.82, 2.24) is 5.32 Å². The molecule has 0 saturated carbocycles. The number of carbonyl (C=O) groups is 3.